The highest BCUT2D eigenvalue weighted by molar-refractivity contribution is 5.48. The molecule has 0 fully saturated rings. The summed E-state index contributed by atoms with van der Waals surface area (Å²) in [6, 6.07) is -0.245. The third-order valence-electron chi connectivity index (χ3n) is 2.58. The van der Waals surface area contributed by atoms with Crippen molar-refractivity contribution in [1.29, 1.82) is 0 Å². The molecule has 0 N–H and O–H groups in total. The highest BCUT2D eigenvalue weighted by Crippen LogP contribution is 2.27. The Kier molecular flexibility index (Phi) is 3.72. The van der Waals surface area contributed by atoms with Crippen molar-refractivity contribution < 1.29 is 17.6 Å². The summed E-state index contributed by atoms with van der Waals surface area (Å²) >= 11 is 0. The Balaban J connectivity index is 3.31. The van der Waals surface area contributed by atoms with E-state index in [1.54, 1.807) is 13.8 Å². The molecule has 0 aromatic carbocycles. The molecule has 1 unspecified atom stereocenters. The smallest absolute Gasteiger partial charge is 0.253 e. The lowest BCUT2D eigenvalue weighted by atomic mass is 10.2. The molecule has 0 radical (unpaired) electrons. The van der Waals surface area contributed by atoms with Crippen LogP contribution in [0.25, 0.3) is 0 Å². The lowest BCUT2D eigenvalue weighted by molar-refractivity contribution is 0.404. The lowest BCUT2D eigenvalue weighted by Gasteiger charge is -2.26. The van der Waals surface area contributed by atoms with Gasteiger partial charge in [-0.3, -0.25) is 0 Å². The van der Waals surface area contributed by atoms with Gasteiger partial charge < -0.3 is 4.90 Å². The highest BCUT2D eigenvalue weighted by Gasteiger charge is 2.25. The van der Waals surface area contributed by atoms with E-state index in [-0.39, 0.29) is 6.04 Å². The van der Waals surface area contributed by atoms with Crippen LogP contribution in [0.3, 0.4) is 0 Å². The van der Waals surface area contributed by atoms with E-state index in [0.29, 0.717) is 6.42 Å². The molecule has 90 valence electrons. The summed E-state index contributed by atoms with van der Waals surface area (Å²) in [6.07, 6.45) is 0.584. The average Bonchev–Trinajstić information content (AvgIpc) is 2.25. The summed E-state index contributed by atoms with van der Waals surface area (Å²) in [5, 5.41) is 0. The Morgan fingerprint density at radius 3 is 1.94 bits per heavy atom. The predicted molar refractivity (Wildman–Crippen MR) is 52.2 cm³/mol. The van der Waals surface area contributed by atoms with Gasteiger partial charge in [0.2, 0.25) is 11.6 Å². The maximum Gasteiger partial charge on any atom is 0.253 e. The minimum absolute atomic E-state index is 0.245. The van der Waals surface area contributed by atoms with Crippen molar-refractivity contribution >= 4 is 5.69 Å². The number of hydrogen-bond acceptors (Lipinski definition) is 2. The number of rotatable bonds is 3. The quantitative estimate of drug-likeness (QED) is 0.592. The fraction of sp³-hybridized carbons (Fsp3) is 0.500. The number of nitrogens with zero attached hydrogens (tertiary/aromatic N) is 2. The Morgan fingerprint density at radius 1 is 1.12 bits per heavy atom. The molecule has 0 aliphatic heterocycles. The molecule has 6 heteroatoms. The number of aromatic nitrogens is 1. The van der Waals surface area contributed by atoms with Crippen LogP contribution in [-0.4, -0.2) is 18.1 Å². The van der Waals surface area contributed by atoms with E-state index >= 15 is 0 Å². The Hall–Kier alpha value is -1.33. The second-order valence-corrected chi connectivity index (χ2v) is 3.54. The minimum Gasteiger partial charge on any atom is -0.367 e. The van der Waals surface area contributed by atoms with Gasteiger partial charge in [0.05, 0.1) is 0 Å². The van der Waals surface area contributed by atoms with E-state index < -0.39 is 29.2 Å². The molecule has 0 aliphatic rings. The van der Waals surface area contributed by atoms with Crippen LogP contribution in [0.2, 0.25) is 0 Å². The van der Waals surface area contributed by atoms with Gasteiger partial charge in [0.1, 0.15) is 5.69 Å². The molecule has 0 spiro atoms. The first-order chi connectivity index (χ1) is 7.40. The third kappa shape index (κ3) is 2.10. The number of pyridine rings is 1. The monoisotopic (exact) mass is 236 g/mol. The Bertz CT molecular complexity index is 369. The van der Waals surface area contributed by atoms with E-state index in [9.17, 15) is 17.6 Å². The zero-order valence-corrected chi connectivity index (χ0v) is 9.19. The summed E-state index contributed by atoms with van der Waals surface area (Å²) in [7, 11) is 1.37. The van der Waals surface area contributed by atoms with Crippen LogP contribution in [0.4, 0.5) is 23.2 Å². The second-order valence-electron chi connectivity index (χ2n) is 3.54. The summed E-state index contributed by atoms with van der Waals surface area (Å²) < 4.78 is 52.3. The van der Waals surface area contributed by atoms with E-state index in [1.165, 1.54) is 7.05 Å². The molecule has 1 heterocycles. The van der Waals surface area contributed by atoms with Crippen LogP contribution in [0.1, 0.15) is 20.3 Å². The summed E-state index contributed by atoms with van der Waals surface area (Å²) in [5.74, 6) is -6.21. The van der Waals surface area contributed by atoms with Crippen LogP contribution >= 0.6 is 0 Å². The molecule has 16 heavy (non-hydrogen) atoms. The van der Waals surface area contributed by atoms with E-state index in [0.717, 1.165) is 4.90 Å². The van der Waals surface area contributed by atoms with Crippen LogP contribution in [0, 0.1) is 23.5 Å². The van der Waals surface area contributed by atoms with E-state index in [2.05, 4.69) is 4.98 Å². The molecular weight excluding hydrogens is 224 g/mol. The molecular formula is C10H12F4N2. The van der Waals surface area contributed by atoms with Crippen LogP contribution < -0.4 is 4.90 Å². The van der Waals surface area contributed by atoms with Gasteiger partial charge in [-0.1, -0.05) is 6.92 Å². The van der Waals surface area contributed by atoms with Gasteiger partial charge in [-0.15, -0.1) is 0 Å². The van der Waals surface area contributed by atoms with Crippen molar-refractivity contribution in [3.8, 4) is 0 Å². The standard InChI is InChI=1S/C10H12F4N2/c1-4-5(2)16(3)8-6(11)9(13)15-10(14)7(8)12/h5H,4H2,1-3H3. The van der Waals surface area contributed by atoms with Gasteiger partial charge in [-0.25, -0.2) is 0 Å². The fourth-order valence-corrected chi connectivity index (χ4v) is 1.28. The van der Waals surface area contributed by atoms with Crippen LogP contribution in [0.5, 0.6) is 0 Å². The number of halogens is 4. The Labute approximate surface area is 90.9 Å². The first-order valence-corrected chi connectivity index (χ1v) is 4.82. The zero-order valence-electron chi connectivity index (χ0n) is 9.19. The molecule has 1 aromatic rings. The molecule has 0 saturated carbocycles. The maximum absolute atomic E-state index is 13.3. The lowest BCUT2D eigenvalue weighted by Crippen LogP contribution is -2.30. The topological polar surface area (TPSA) is 16.1 Å². The van der Waals surface area contributed by atoms with Crippen molar-refractivity contribution in [2.45, 2.75) is 26.3 Å². The maximum atomic E-state index is 13.3. The largest absolute Gasteiger partial charge is 0.367 e. The molecule has 1 aromatic heterocycles. The third-order valence-corrected chi connectivity index (χ3v) is 2.58. The first kappa shape index (κ1) is 12.7. The summed E-state index contributed by atoms with van der Waals surface area (Å²) in [5.41, 5.74) is -0.723. The summed E-state index contributed by atoms with van der Waals surface area (Å²) in [4.78, 5) is 3.64. The normalized spacial score (nSPS) is 12.7. The van der Waals surface area contributed by atoms with Gasteiger partial charge in [-0.05, 0) is 13.3 Å². The molecule has 1 atom stereocenters. The van der Waals surface area contributed by atoms with Crippen molar-refractivity contribution in [2.75, 3.05) is 11.9 Å². The number of hydrogen-bond donors (Lipinski definition) is 0. The zero-order chi connectivity index (χ0) is 12.5. The van der Waals surface area contributed by atoms with Crippen molar-refractivity contribution in [3.63, 3.8) is 0 Å². The second kappa shape index (κ2) is 4.67. The molecule has 0 aliphatic carbocycles. The van der Waals surface area contributed by atoms with Crippen LogP contribution in [0.15, 0.2) is 0 Å². The SMILES string of the molecule is CCC(C)N(C)c1c(F)c(F)nc(F)c1F. The first-order valence-electron chi connectivity index (χ1n) is 4.82. The van der Waals surface area contributed by atoms with Crippen molar-refractivity contribution in [2.24, 2.45) is 0 Å². The van der Waals surface area contributed by atoms with Crippen molar-refractivity contribution in [1.82, 2.24) is 4.98 Å². The molecule has 0 amide bonds. The minimum atomic E-state index is -1.64. The molecule has 2 nitrogen and oxygen atoms in total. The van der Waals surface area contributed by atoms with Gasteiger partial charge in [0.15, 0.2) is 0 Å². The molecule has 0 saturated heterocycles. The molecule has 0 bridgehead atoms. The number of anilines is 1. The van der Waals surface area contributed by atoms with Crippen molar-refractivity contribution in [3.05, 3.63) is 23.5 Å². The molecule has 1 rings (SSSR count). The van der Waals surface area contributed by atoms with E-state index in [4.69, 9.17) is 0 Å². The van der Waals surface area contributed by atoms with Gasteiger partial charge >= 0.3 is 0 Å². The fourth-order valence-electron chi connectivity index (χ4n) is 1.28. The van der Waals surface area contributed by atoms with Crippen LogP contribution in [-0.2, 0) is 0 Å². The Morgan fingerprint density at radius 2 is 1.56 bits per heavy atom. The van der Waals surface area contributed by atoms with Gasteiger partial charge in [0, 0.05) is 13.1 Å². The van der Waals surface area contributed by atoms with E-state index in [1.807, 2.05) is 0 Å². The van der Waals surface area contributed by atoms with Gasteiger partial charge in [0.25, 0.3) is 11.9 Å². The summed E-state index contributed by atoms with van der Waals surface area (Å²) in [6.45, 7) is 3.49. The average molecular weight is 236 g/mol. The van der Waals surface area contributed by atoms with Gasteiger partial charge in [-0.2, -0.15) is 22.5 Å². The predicted octanol–water partition coefficient (Wildman–Crippen LogP) is 2.87. The highest BCUT2D eigenvalue weighted by atomic mass is 19.2.